The Kier molecular flexibility index (Phi) is 6.37. The van der Waals surface area contributed by atoms with Gasteiger partial charge in [-0.05, 0) is 42.5 Å². The highest BCUT2D eigenvalue weighted by atomic mass is 79.9. The third-order valence-electron chi connectivity index (χ3n) is 3.26. The topological polar surface area (TPSA) is 84.5 Å². The summed E-state index contributed by atoms with van der Waals surface area (Å²) in [7, 11) is -2.93. The number of sulfonamides is 1. The maximum atomic E-state index is 12.6. The van der Waals surface area contributed by atoms with E-state index < -0.39 is 28.7 Å². The Hall–Kier alpha value is -2.27. The van der Waals surface area contributed by atoms with Crippen LogP contribution in [-0.2, 0) is 10.0 Å². The lowest BCUT2D eigenvalue weighted by molar-refractivity contribution is -0.123. The minimum atomic E-state index is -4.58. The van der Waals surface area contributed by atoms with E-state index in [0.29, 0.717) is 0 Å². The van der Waals surface area contributed by atoms with Crippen LogP contribution in [0.1, 0.15) is 10.4 Å². The largest absolute Gasteiger partial charge is 0.495 e. The van der Waals surface area contributed by atoms with Crippen LogP contribution in [0.5, 0.6) is 5.75 Å². The lowest BCUT2D eigenvalue weighted by atomic mass is 10.2. The molecule has 2 aromatic carbocycles. The molecule has 0 heterocycles. The van der Waals surface area contributed by atoms with Crippen molar-refractivity contribution in [2.24, 2.45) is 0 Å². The predicted octanol–water partition coefficient (Wildman–Crippen LogP) is 3.55. The summed E-state index contributed by atoms with van der Waals surface area (Å²) >= 11 is 3.23. The molecule has 0 radical (unpaired) electrons. The fourth-order valence-corrected chi connectivity index (χ4v) is 3.56. The maximum absolute atomic E-state index is 12.6. The lowest BCUT2D eigenvalue weighted by Crippen LogP contribution is -2.33. The van der Waals surface area contributed by atoms with Crippen molar-refractivity contribution in [3.63, 3.8) is 0 Å². The first kappa shape index (κ1) is 21.0. The zero-order chi connectivity index (χ0) is 20.2. The minimum Gasteiger partial charge on any atom is -0.495 e. The van der Waals surface area contributed by atoms with Gasteiger partial charge in [0, 0.05) is 15.7 Å². The summed E-state index contributed by atoms with van der Waals surface area (Å²) in [6.45, 7) is -1.53. The molecule has 1 amide bonds. The van der Waals surface area contributed by atoms with Crippen molar-refractivity contribution in [2.75, 3.05) is 18.4 Å². The molecule has 0 aliphatic carbocycles. The van der Waals surface area contributed by atoms with Crippen molar-refractivity contribution in [1.29, 1.82) is 0 Å². The molecule has 146 valence electrons. The highest BCUT2D eigenvalue weighted by Gasteiger charge is 2.28. The van der Waals surface area contributed by atoms with Gasteiger partial charge in [-0.15, -0.1) is 0 Å². The summed E-state index contributed by atoms with van der Waals surface area (Å²) in [6.07, 6.45) is -4.58. The van der Waals surface area contributed by atoms with Crippen molar-refractivity contribution in [2.45, 2.75) is 11.1 Å². The molecule has 0 aliphatic rings. The van der Waals surface area contributed by atoms with E-state index in [1.54, 1.807) is 17.4 Å². The van der Waals surface area contributed by atoms with Gasteiger partial charge in [-0.25, -0.2) is 8.42 Å². The number of rotatable bonds is 6. The zero-order valence-corrected chi connectivity index (χ0v) is 16.2. The van der Waals surface area contributed by atoms with Gasteiger partial charge < -0.3 is 10.1 Å². The van der Waals surface area contributed by atoms with Crippen molar-refractivity contribution in [3.05, 3.63) is 52.5 Å². The summed E-state index contributed by atoms with van der Waals surface area (Å²) < 4.78 is 70.1. The Morgan fingerprint density at radius 3 is 2.33 bits per heavy atom. The molecule has 0 saturated heterocycles. The molecular weight excluding hydrogens is 453 g/mol. The zero-order valence-electron chi connectivity index (χ0n) is 13.8. The molecule has 11 heteroatoms. The standard InChI is InChI=1S/C16H14BrF3N2O4S/c1-26-13-7-2-10(15(23)21-9-16(18,19)20)8-14(13)27(24,25)22-12-5-3-11(17)4-6-12/h2-8,22H,9H2,1H3,(H,21,23). The normalized spacial score (nSPS) is 11.7. The van der Waals surface area contributed by atoms with Gasteiger partial charge in [0.25, 0.3) is 15.9 Å². The first-order valence-corrected chi connectivity index (χ1v) is 9.61. The highest BCUT2D eigenvalue weighted by molar-refractivity contribution is 9.10. The average molecular weight is 467 g/mol. The Bertz CT molecular complexity index is 932. The summed E-state index contributed by atoms with van der Waals surface area (Å²) in [5.74, 6) is -1.12. The smallest absolute Gasteiger partial charge is 0.405 e. The lowest BCUT2D eigenvalue weighted by Gasteiger charge is -2.14. The third kappa shape index (κ3) is 5.86. The van der Waals surface area contributed by atoms with Crippen molar-refractivity contribution < 1.29 is 31.1 Å². The second-order valence-corrected chi connectivity index (χ2v) is 7.84. The second-order valence-electron chi connectivity index (χ2n) is 5.28. The summed E-state index contributed by atoms with van der Waals surface area (Å²) in [5, 5.41) is 1.69. The van der Waals surface area contributed by atoms with E-state index in [1.165, 1.54) is 31.4 Å². The van der Waals surface area contributed by atoms with Crippen LogP contribution in [0.4, 0.5) is 18.9 Å². The van der Waals surface area contributed by atoms with E-state index in [2.05, 4.69) is 20.7 Å². The van der Waals surface area contributed by atoms with E-state index in [0.717, 1.165) is 10.5 Å². The number of amides is 1. The van der Waals surface area contributed by atoms with Gasteiger partial charge in [0.2, 0.25) is 0 Å². The molecule has 0 aliphatic heterocycles. The molecule has 0 fully saturated rings. The van der Waals surface area contributed by atoms with Gasteiger partial charge in [-0.3, -0.25) is 9.52 Å². The number of carbonyl (C=O) groups excluding carboxylic acids is 1. The number of ether oxygens (including phenoxy) is 1. The van der Waals surface area contributed by atoms with Crippen LogP contribution >= 0.6 is 15.9 Å². The minimum absolute atomic E-state index is 0.0630. The van der Waals surface area contributed by atoms with Crippen LogP contribution in [0.15, 0.2) is 51.8 Å². The number of alkyl halides is 3. The fraction of sp³-hybridized carbons (Fsp3) is 0.188. The van der Waals surface area contributed by atoms with Crippen LogP contribution in [0.25, 0.3) is 0 Å². The van der Waals surface area contributed by atoms with E-state index in [1.807, 2.05) is 0 Å². The average Bonchev–Trinajstić information content (AvgIpc) is 2.60. The summed E-state index contributed by atoms with van der Waals surface area (Å²) in [4.78, 5) is 11.5. The molecular formula is C16H14BrF3N2O4S. The second kappa shape index (κ2) is 8.17. The number of benzene rings is 2. The van der Waals surface area contributed by atoms with Gasteiger partial charge >= 0.3 is 6.18 Å². The summed E-state index contributed by atoms with van der Waals surface area (Å²) in [6, 6.07) is 9.57. The van der Waals surface area contributed by atoms with Crippen molar-refractivity contribution in [3.8, 4) is 5.75 Å². The van der Waals surface area contributed by atoms with E-state index in [9.17, 15) is 26.4 Å². The molecule has 27 heavy (non-hydrogen) atoms. The monoisotopic (exact) mass is 466 g/mol. The van der Waals surface area contributed by atoms with Crippen molar-refractivity contribution >= 4 is 37.5 Å². The molecule has 2 N–H and O–H groups in total. The first-order chi connectivity index (χ1) is 12.5. The number of halogens is 4. The molecule has 0 aromatic heterocycles. The number of nitrogens with one attached hydrogen (secondary N) is 2. The number of anilines is 1. The summed E-state index contributed by atoms with van der Waals surface area (Å²) in [5.41, 5.74) is 0.00316. The van der Waals surface area contributed by atoms with Crippen LogP contribution < -0.4 is 14.8 Å². The Labute approximate surface area is 161 Å². The first-order valence-electron chi connectivity index (χ1n) is 7.33. The molecule has 0 atom stereocenters. The van der Waals surface area contributed by atoms with Gasteiger partial charge in [0.1, 0.15) is 17.2 Å². The Morgan fingerprint density at radius 2 is 1.78 bits per heavy atom. The van der Waals surface area contributed by atoms with E-state index >= 15 is 0 Å². The van der Waals surface area contributed by atoms with Crippen LogP contribution in [0.3, 0.4) is 0 Å². The number of hydrogen-bond donors (Lipinski definition) is 2. The molecule has 0 unspecified atom stereocenters. The molecule has 6 nitrogen and oxygen atoms in total. The number of hydrogen-bond acceptors (Lipinski definition) is 4. The molecule has 0 saturated carbocycles. The van der Waals surface area contributed by atoms with Crippen LogP contribution in [-0.4, -0.2) is 34.2 Å². The maximum Gasteiger partial charge on any atom is 0.405 e. The van der Waals surface area contributed by atoms with Gasteiger partial charge in [0.15, 0.2) is 0 Å². The van der Waals surface area contributed by atoms with Crippen LogP contribution in [0, 0.1) is 0 Å². The molecule has 2 aromatic rings. The Balaban J connectivity index is 2.33. The molecule has 2 rings (SSSR count). The van der Waals surface area contributed by atoms with Gasteiger partial charge in [-0.1, -0.05) is 15.9 Å². The fourth-order valence-electron chi connectivity index (χ4n) is 2.04. The third-order valence-corrected chi connectivity index (χ3v) is 5.19. The van der Waals surface area contributed by atoms with Crippen LogP contribution in [0.2, 0.25) is 0 Å². The highest BCUT2D eigenvalue weighted by Crippen LogP contribution is 2.27. The quantitative estimate of drug-likeness (QED) is 0.681. The predicted molar refractivity (Wildman–Crippen MR) is 96.3 cm³/mol. The van der Waals surface area contributed by atoms with Gasteiger partial charge in [-0.2, -0.15) is 13.2 Å². The van der Waals surface area contributed by atoms with Crippen molar-refractivity contribution in [1.82, 2.24) is 5.32 Å². The SMILES string of the molecule is COc1ccc(C(=O)NCC(F)(F)F)cc1S(=O)(=O)Nc1ccc(Br)cc1. The van der Waals surface area contributed by atoms with Gasteiger partial charge in [0.05, 0.1) is 7.11 Å². The number of methoxy groups -OCH3 is 1. The molecule has 0 bridgehead atoms. The number of carbonyl (C=O) groups is 1. The Morgan fingerprint density at radius 1 is 1.15 bits per heavy atom. The van der Waals surface area contributed by atoms with E-state index in [4.69, 9.17) is 4.74 Å². The van der Waals surface area contributed by atoms with E-state index in [-0.39, 0.29) is 21.9 Å². The molecule has 0 spiro atoms.